The minimum absolute atomic E-state index is 0.612. The number of ether oxygens (including phenoxy) is 2. The summed E-state index contributed by atoms with van der Waals surface area (Å²) in [4.78, 5) is 4.89. The van der Waals surface area contributed by atoms with E-state index in [1.807, 2.05) is 6.07 Å². The Balaban J connectivity index is 3.27. The lowest BCUT2D eigenvalue weighted by molar-refractivity contribution is 0.0863. The van der Waals surface area contributed by atoms with Crippen molar-refractivity contribution < 1.29 is 14.3 Å². The molecule has 0 radical (unpaired) electrons. The molecule has 0 aliphatic rings. The van der Waals surface area contributed by atoms with E-state index in [2.05, 4.69) is 28.3 Å². The highest BCUT2D eigenvalue weighted by Gasteiger charge is 2.16. The molecule has 4 nitrogen and oxygen atoms in total. The zero-order valence-electron chi connectivity index (χ0n) is 10.6. The van der Waals surface area contributed by atoms with E-state index in [0.717, 1.165) is 33.5 Å². The molecule has 1 rings (SSSR count). The predicted molar refractivity (Wildman–Crippen MR) is 70.5 cm³/mol. The van der Waals surface area contributed by atoms with E-state index in [1.165, 1.54) is 0 Å². The standard InChI is InChI=1S/C12H18BrNO3/c1-5-8-9(7-14-17-4)10(13)6-11(15-2)12(8)16-3/h6,14H,5,7H2,1-4H3. The molecule has 0 spiro atoms. The summed E-state index contributed by atoms with van der Waals surface area (Å²) in [5.41, 5.74) is 5.07. The van der Waals surface area contributed by atoms with E-state index in [0.29, 0.717) is 6.54 Å². The minimum atomic E-state index is 0.612. The first-order valence-corrected chi connectivity index (χ1v) is 6.16. The van der Waals surface area contributed by atoms with Gasteiger partial charge in [-0.05, 0) is 18.1 Å². The van der Waals surface area contributed by atoms with Gasteiger partial charge in [-0.25, -0.2) is 0 Å². The van der Waals surface area contributed by atoms with Crippen molar-refractivity contribution in [2.75, 3.05) is 21.3 Å². The molecule has 0 aromatic heterocycles. The van der Waals surface area contributed by atoms with Crippen molar-refractivity contribution in [3.8, 4) is 11.5 Å². The van der Waals surface area contributed by atoms with E-state index in [1.54, 1.807) is 21.3 Å². The van der Waals surface area contributed by atoms with Crippen LogP contribution >= 0.6 is 15.9 Å². The molecule has 0 fully saturated rings. The zero-order chi connectivity index (χ0) is 12.8. The van der Waals surface area contributed by atoms with Crippen LogP contribution in [-0.4, -0.2) is 21.3 Å². The first-order valence-electron chi connectivity index (χ1n) is 5.37. The third-order valence-corrected chi connectivity index (χ3v) is 3.29. The maximum absolute atomic E-state index is 5.42. The Morgan fingerprint density at radius 2 is 1.88 bits per heavy atom. The fourth-order valence-electron chi connectivity index (χ4n) is 1.78. The van der Waals surface area contributed by atoms with E-state index in [4.69, 9.17) is 14.3 Å². The third kappa shape index (κ3) is 3.12. The Kier molecular flexibility index (Phi) is 5.74. The number of benzene rings is 1. The molecule has 1 aromatic carbocycles. The molecule has 0 aliphatic carbocycles. The Bertz CT molecular complexity index is 383. The summed E-state index contributed by atoms with van der Waals surface area (Å²) in [6.45, 7) is 2.70. The number of hydrogen-bond acceptors (Lipinski definition) is 4. The number of methoxy groups -OCH3 is 2. The van der Waals surface area contributed by atoms with Crippen molar-refractivity contribution in [2.45, 2.75) is 19.9 Å². The predicted octanol–water partition coefficient (Wildman–Crippen LogP) is 2.68. The minimum Gasteiger partial charge on any atom is -0.493 e. The highest BCUT2D eigenvalue weighted by Crippen LogP contribution is 2.38. The molecule has 0 saturated carbocycles. The lowest BCUT2D eigenvalue weighted by Crippen LogP contribution is -2.14. The number of hydrogen-bond donors (Lipinski definition) is 1. The molecule has 5 heteroatoms. The maximum atomic E-state index is 5.42. The average Bonchev–Trinajstić information content (AvgIpc) is 2.35. The van der Waals surface area contributed by atoms with Crippen molar-refractivity contribution >= 4 is 15.9 Å². The summed E-state index contributed by atoms with van der Waals surface area (Å²) in [6, 6.07) is 1.91. The van der Waals surface area contributed by atoms with Gasteiger partial charge >= 0.3 is 0 Å². The lowest BCUT2D eigenvalue weighted by atomic mass is 10.0. The summed E-state index contributed by atoms with van der Waals surface area (Å²) in [5, 5.41) is 0. The number of halogens is 1. The quantitative estimate of drug-likeness (QED) is 0.820. The largest absolute Gasteiger partial charge is 0.493 e. The second-order valence-electron chi connectivity index (χ2n) is 3.43. The summed E-state index contributed by atoms with van der Waals surface area (Å²) >= 11 is 3.54. The van der Waals surface area contributed by atoms with Gasteiger partial charge in [-0.2, -0.15) is 5.48 Å². The van der Waals surface area contributed by atoms with Gasteiger partial charge in [0, 0.05) is 16.6 Å². The van der Waals surface area contributed by atoms with Gasteiger partial charge in [-0.15, -0.1) is 0 Å². The topological polar surface area (TPSA) is 39.7 Å². The number of rotatable bonds is 6. The zero-order valence-corrected chi connectivity index (χ0v) is 12.2. The van der Waals surface area contributed by atoms with Crippen LogP contribution in [0.3, 0.4) is 0 Å². The third-order valence-electron chi connectivity index (χ3n) is 2.58. The van der Waals surface area contributed by atoms with Gasteiger partial charge < -0.3 is 14.3 Å². The molecule has 1 aromatic rings. The fraction of sp³-hybridized carbons (Fsp3) is 0.500. The van der Waals surface area contributed by atoms with Crippen molar-refractivity contribution in [3.63, 3.8) is 0 Å². The van der Waals surface area contributed by atoms with Crippen LogP contribution in [0.15, 0.2) is 10.5 Å². The Labute approximate surface area is 110 Å². The Morgan fingerprint density at radius 1 is 1.18 bits per heavy atom. The Morgan fingerprint density at radius 3 is 2.35 bits per heavy atom. The highest BCUT2D eigenvalue weighted by molar-refractivity contribution is 9.10. The monoisotopic (exact) mass is 303 g/mol. The summed E-state index contributed by atoms with van der Waals surface area (Å²) < 4.78 is 11.7. The molecule has 17 heavy (non-hydrogen) atoms. The van der Waals surface area contributed by atoms with E-state index < -0.39 is 0 Å². The van der Waals surface area contributed by atoms with Crippen molar-refractivity contribution in [2.24, 2.45) is 0 Å². The van der Waals surface area contributed by atoms with Crippen LogP contribution in [0.1, 0.15) is 18.1 Å². The molecule has 0 amide bonds. The normalized spacial score (nSPS) is 10.4. The molecule has 1 N–H and O–H groups in total. The molecule has 0 bridgehead atoms. The fourth-order valence-corrected chi connectivity index (χ4v) is 2.37. The van der Waals surface area contributed by atoms with Gasteiger partial charge in [0.1, 0.15) is 0 Å². The smallest absolute Gasteiger partial charge is 0.164 e. The molecular weight excluding hydrogens is 286 g/mol. The Hall–Kier alpha value is -0.780. The van der Waals surface area contributed by atoms with Gasteiger partial charge in [0.2, 0.25) is 0 Å². The van der Waals surface area contributed by atoms with Gasteiger partial charge in [-0.1, -0.05) is 22.9 Å². The van der Waals surface area contributed by atoms with Crippen molar-refractivity contribution in [3.05, 3.63) is 21.7 Å². The van der Waals surface area contributed by atoms with Crippen LogP contribution < -0.4 is 15.0 Å². The van der Waals surface area contributed by atoms with Gasteiger partial charge in [-0.3, -0.25) is 0 Å². The molecule has 96 valence electrons. The van der Waals surface area contributed by atoms with Crippen LogP contribution in [-0.2, 0) is 17.8 Å². The average molecular weight is 304 g/mol. The molecule has 0 unspecified atom stereocenters. The molecule has 0 saturated heterocycles. The summed E-state index contributed by atoms with van der Waals surface area (Å²) in [7, 11) is 4.88. The first kappa shape index (κ1) is 14.3. The van der Waals surface area contributed by atoms with Crippen LogP contribution in [0.4, 0.5) is 0 Å². The summed E-state index contributed by atoms with van der Waals surface area (Å²) in [5.74, 6) is 1.52. The lowest BCUT2D eigenvalue weighted by Gasteiger charge is -2.17. The van der Waals surface area contributed by atoms with Crippen molar-refractivity contribution in [1.29, 1.82) is 0 Å². The van der Waals surface area contributed by atoms with Crippen LogP contribution in [0.2, 0.25) is 0 Å². The van der Waals surface area contributed by atoms with Gasteiger partial charge in [0.15, 0.2) is 11.5 Å². The number of hydroxylamine groups is 1. The first-order chi connectivity index (χ1) is 8.19. The SMILES string of the molecule is CCc1c(CNOC)c(Br)cc(OC)c1OC. The van der Waals surface area contributed by atoms with Crippen LogP contribution in [0.25, 0.3) is 0 Å². The maximum Gasteiger partial charge on any atom is 0.164 e. The molecule has 0 atom stereocenters. The molecule has 0 heterocycles. The van der Waals surface area contributed by atoms with Gasteiger partial charge in [0.25, 0.3) is 0 Å². The van der Waals surface area contributed by atoms with Crippen LogP contribution in [0.5, 0.6) is 11.5 Å². The second-order valence-corrected chi connectivity index (χ2v) is 4.28. The van der Waals surface area contributed by atoms with Crippen LogP contribution in [0, 0.1) is 0 Å². The number of nitrogens with one attached hydrogen (secondary N) is 1. The van der Waals surface area contributed by atoms with E-state index in [9.17, 15) is 0 Å². The van der Waals surface area contributed by atoms with E-state index in [-0.39, 0.29) is 0 Å². The molecule has 0 aliphatic heterocycles. The van der Waals surface area contributed by atoms with Gasteiger partial charge in [0.05, 0.1) is 21.3 Å². The summed E-state index contributed by atoms with van der Waals surface area (Å²) in [6.07, 6.45) is 0.861. The highest BCUT2D eigenvalue weighted by atomic mass is 79.9. The second kappa shape index (κ2) is 6.83. The van der Waals surface area contributed by atoms with Crippen molar-refractivity contribution in [1.82, 2.24) is 5.48 Å². The van der Waals surface area contributed by atoms with E-state index >= 15 is 0 Å². The molecular formula is C12H18BrNO3.